The van der Waals surface area contributed by atoms with Crippen molar-refractivity contribution in [3.05, 3.63) is 57.3 Å². The fourth-order valence-electron chi connectivity index (χ4n) is 3.88. The van der Waals surface area contributed by atoms with Crippen molar-refractivity contribution in [2.75, 3.05) is 20.2 Å². The van der Waals surface area contributed by atoms with Gasteiger partial charge in [0.1, 0.15) is 4.88 Å². The van der Waals surface area contributed by atoms with Gasteiger partial charge in [0, 0.05) is 26.2 Å². The molecule has 1 aliphatic heterocycles. The van der Waals surface area contributed by atoms with Gasteiger partial charge >= 0.3 is 5.97 Å². The quantitative estimate of drug-likeness (QED) is 0.746. The second-order valence-corrected chi connectivity index (χ2v) is 8.88. The monoisotopic (exact) mass is 400 g/mol. The Morgan fingerprint density at radius 3 is 2.29 bits per heavy atom. The molecule has 3 rings (SSSR count). The predicted octanol–water partition coefficient (Wildman–Crippen LogP) is 3.94. The molecule has 1 amide bonds. The number of hydrogen-bond acceptors (Lipinski definition) is 5. The Bertz CT molecular complexity index is 805. The zero-order chi connectivity index (χ0) is 20.1. The van der Waals surface area contributed by atoms with Crippen molar-refractivity contribution in [2.45, 2.75) is 33.4 Å². The zero-order valence-electron chi connectivity index (χ0n) is 16.7. The van der Waals surface area contributed by atoms with E-state index in [0.717, 1.165) is 48.4 Å². The maximum Gasteiger partial charge on any atom is 0.348 e. The van der Waals surface area contributed by atoms with Crippen molar-refractivity contribution in [1.82, 2.24) is 10.2 Å². The molecule has 0 aliphatic carbocycles. The van der Waals surface area contributed by atoms with Crippen LogP contribution in [0.4, 0.5) is 0 Å². The van der Waals surface area contributed by atoms with Crippen molar-refractivity contribution in [2.24, 2.45) is 11.8 Å². The van der Waals surface area contributed by atoms with Crippen LogP contribution in [-0.4, -0.2) is 37.0 Å². The van der Waals surface area contributed by atoms with Gasteiger partial charge in [-0.3, -0.25) is 9.69 Å². The summed E-state index contributed by atoms with van der Waals surface area (Å²) in [5.74, 6) is 0.919. The topological polar surface area (TPSA) is 58.6 Å². The standard InChI is InChI=1S/C22H28N2O3S/c1-15-10-16(2)13-24(12-15)14-18-6-4-17(5-7-18)11-23-21(25)19-8-9-20(28-19)22(26)27-3/h4-9,15-16H,10-14H2,1-3H3,(H,23,25). The second-order valence-electron chi connectivity index (χ2n) is 7.79. The van der Waals surface area contributed by atoms with Gasteiger partial charge in [-0.2, -0.15) is 0 Å². The van der Waals surface area contributed by atoms with Crippen molar-refractivity contribution >= 4 is 23.2 Å². The van der Waals surface area contributed by atoms with Gasteiger partial charge in [-0.15, -0.1) is 11.3 Å². The Morgan fingerprint density at radius 2 is 1.64 bits per heavy atom. The number of methoxy groups -OCH3 is 1. The summed E-state index contributed by atoms with van der Waals surface area (Å²) in [6.07, 6.45) is 1.32. The molecule has 0 saturated carbocycles. The number of nitrogens with one attached hydrogen (secondary N) is 1. The van der Waals surface area contributed by atoms with Gasteiger partial charge in [-0.25, -0.2) is 4.79 Å². The van der Waals surface area contributed by atoms with Crippen LogP contribution in [0.1, 0.15) is 50.7 Å². The van der Waals surface area contributed by atoms with Crippen LogP contribution in [-0.2, 0) is 17.8 Å². The largest absolute Gasteiger partial charge is 0.465 e. The Labute approximate surface area is 170 Å². The van der Waals surface area contributed by atoms with Gasteiger partial charge in [0.05, 0.1) is 12.0 Å². The molecule has 6 heteroatoms. The highest BCUT2D eigenvalue weighted by Gasteiger charge is 2.21. The van der Waals surface area contributed by atoms with Gasteiger partial charge in [0.2, 0.25) is 0 Å². The van der Waals surface area contributed by atoms with Crippen LogP contribution in [0.2, 0.25) is 0 Å². The molecular weight excluding hydrogens is 372 g/mol. The highest BCUT2D eigenvalue weighted by Crippen LogP contribution is 2.22. The highest BCUT2D eigenvalue weighted by molar-refractivity contribution is 7.15. The first-order chi connectivity index (χ1) is 13.4. The van der Waals surface area contributed by atoms with Gasteiger partial charge in [-0.1, -0.05) is 38.1 Å². The average Bonchev–Trinajstić information content (AvgIpc) is 3.16. The Morgan fingerprint density at radius 1 is 1.04 bits per heavy atom. The number of thiophene rings is 1. The molecule has 28 heavy (non-hydrogen) atoms. The number of hydrogen-bond donors (Lipinski definition) is 1. The molecule has 2 unspecified atom stereocenters. The SMILES string of the molecule is COC(=O)c1ccc(C(=O)NCc2ccc(CN3CC(C)CC(C)C3)cc2)s1. The minimum absolute atomic E-state index is 0.180. The van der Waals surface area contributed by atoms with E-state index in [4.69, 9.17) is 0 Å². The second kappa shape index (κ2) is 9.34. The molecule has 0 radical (unpaired) electrons. The molecule has 1 aromatic heterocycles. The molecule has 1 fully saturated rings. The molecule has 5 nitrogen and oxygen atoms in total. The molecule has 1 N–H and O–H groups in total. The van der Waals surface area contributed by atoms with E-state index < -0.39 is 5.97 Å². The summed E-state index contributed by atoms with van der Waals surface area (Å²) < 4.78 is 4.67. The molecular formula is C22H28N2O3S. The fraction of sp³-hybridized carbons (Fsp3) is 0.455. The lowest BCUT2D eigenvalue weighted by Crippen LogP contribution is -2.38. The first-order valence-electron chi connectivity index (χ1n) is 9.71. The molecule has 1 aromatic carbocycles. The average molecular weight is 401 g/mol. The van der Waals surface area contributed by atoms with Gasteiger partial charge < -0.3 is 10.1 Å². The number of carbonyl (C=O) groups excluding carboxylic acids is 2. The summed E-state index contributed by atoms with van der Waals surface area (Å²) in [7, 11) is 1.33. The smallest absolute Gasteiger partial charge is 0.348 e. The highest BCUT2D eigenvalue weighted by atomic mass is 32.1. The van der Waals surface area contributed by atoms with E-state index in [9.17, 15) is 9.59 Å². The van der Waals surface area contributed by atoms with Crippen LogP contribution in [0.5, 0.6) is 0 Å². The molecule has 1 aliphatic rings. The number of esters is 1. The summed E-state index contributed by atoms with van der Waals surface area (Å²) in [6, 6.07) is 11.7. The normalized spacial score (nSPS) is 20.0. The third-order valence-corrected chi connectivity index (χ3v) is 6.11. The Balaban J connectivity index is 1.51. The van der Waals surface area contributed by atoms with E-state index in [0.29, 0.717) is 16.3 Å². The third kappa shape index (κ3) is 5.42. The van der Waals surface area contributed by atoms with E-state index in [1.165, 1.54) is 19.1 Å². The van der Waals surface area contributed by atoms with Crippen LogP contribution in [0, 0.1) is 11.8 Å². The van der Waals surface area contributed by atoms with E-state index >= 15 is 0 Å². The van der Waals surface area contributed by atoms with Crippen LogP contribution >= 0.6 is 11.3 Å². The number of amides is 1. The molecule has 0 bridgehead atoms. The number of nitrogens with zero attached hydrogens (tertiary/aromatic N) is 1. The van der Waals surface area contributed by atoms with Crippen LogP contribution in [0.25, 0.3) is 0 Å². The molecule has 150 valence electrons. The molecule has 2 aromatic rings. The summed E-state index contributed by atoms with van der Waals surface area (Å²) >= 11 is 1.14. The maximum absolute atomic E-state index is 12.3. The zero-order valence-corrected chi connectivity index (χ0v) is 17.6. The summed E-state index contributed by atoms with van der Waals surface area (Å²) in [5.41, 5.74) is 2.36. The van der Waals surface area contributed by atoms with Crippen molar-refractivity contribution < 1.29 is 14.3 Å². The van der Waals surface area contributed by atoms with E-state index in [-0.39, 0.29) is 5.91 Å². The van der Waals surface area contributed by atoms with Gasteiger partial charge in [-0.05, 0) is 41.5 Å². The van der Waals surface area contributed by atoms with Crippen LogP contribution in [0.15, 0.2) is 36.4 Å². The number of rotatable bonds is 6. The van der Waals surface area contributed by atoms with Crippen LogP contribution in [0.3, 0.4) is 0 Å². The fourth-order valence-corrected chi connectivity index (χ4v) is 4.72. The predicted molar refractivity (Wildman–Crippen MR) is 111 cm³/mol. The van der Waals surface area contributed by atoms with E-state index in [1.807, 2.05) is 0 Å². The first-order valence-corrected chi connectivity index (χ1v) is 10.5. The van der Waals surface area contributed by atoms with Gasteiger partial charge in [0.15, 0.2) is 0 Å². The molecule has 0 spiro atoms. The number of carbonyl (C=O) groups is 2. The number of likely N-dealkylation sites (tertiary alicyclic amines) is 1. The molecule has 2 heterocycles. The van der Waals surface area contributed by atoms with E-state index in [2.05, 4.69) is 53.1 Å². The summed E-state index contributed by atoms with van der Waals surface area (Å²) in [4.78, 5) is 27.2. The third-order valence-electron chi connectivity index (χ3n) is 5.04. The maximum atomic E-state index is 12.3. The lowest BCUT2D eigenvalue weighted by atomic mass is 9.91. The molecule has 2 atom stereocenters. The summed E-state index contributed by atoms with van der Waals surface area (Å²) in [5, 5.41) is 2.91. The lowest BCUT2D eigenvalue weighted by molar-refractivity contribution is 0.0606. The number of benzene rings is 1. The Hall–Kier alpha value is -2.18. The van der Waals surface area contributed by atoms with Crippen molar-refractivity contribution in [3.8, 4) is 0 Å². The van der Waals surface area contributed by atoms with Crippen molar-refractivity contribution in [1.29, 1.82) is 0 Å². The molecule has 1 saturated heterocycles. The minimum atomic E-state index is -0.419. The summed E-state index contributed by atoms with van der Waals surface area (Å²) in [6.45, 7) is 8.43. The number of ether oxygens (including phenoxy) is 1. The van der Waals surface area contributed by atoms with Crippen molar-refractivity contribution in [3.63, 3.8) is 0 Å². The van der Waals surface area contributed by atoms with Crippen LogP contribution < -0.4 is 5.32 Å². The Kier molecular flexibility index (Phi) is 6.86. The number of piperidine rings is 1. The van der Waals surface area contributed by atoms with Gasteiger partial charge in [0.25, 0.3) is 5.91 Å². The lowest BCUT2D eigenvalue weighted by Gasteiger charge is -2.35. The van der Waals surface area contributed by atoms with E-state index in [1.54, 1.807) is 12.1 Å². The minimum Gasteiger partial charge on any atom is -0.465 e. The first kappa shape index (κ1) is 20.6.